The number of aromatic nitrogens is 4. The SMILES string of the molecule is COc1cccc(-c2cc(C(=O)N3CCC[C@H](n4cnc5ccccc5c4=O)C3)[nH]n2)c1. The smallest absolute Gasteiger partial charge is 0.271 e. The van der Waals surface area contributed by atoms with Gasteiger partial charge in [-0.3, -0.25) is 19.3 Å². The lowest BCUT2D eigenvalue weighted by Gasteiger charge is -2.33. The molecule has 0 saturated carbocycles. The van der Waals surface area contributed by atoms with E-state index < -0.39 is 0 Å². The average molecular weight is 429 g/mol. The van der Waals surface area contributed by atoms with Crippen LogP contribution in [-0.4, -0.2) is 50.8 Å². The molecule has 32 heavy (non-hydrogen) atoms. The van der Waals surface area contributed by atoms with Crippen molar-refractivity contribution in [2.24, 2.45) is 0 Å². The van der Waals surface area contributed by atoms with Gasteiger partial charge in [0, 0.05) is 18.7 Å². The largest absolute Gasteiger partial charge is 0.497 e. The van der Waals surface area contributed by atoms with Crippen LogP contribution in [0.1, 0.15) is 29.4 Å². The Balaban J connectivity index is 1.37. The van der Waals surface area contributed by atoms with Crippen molar-refractivity contribution in [1.29, 1.82) is 0 Å². The molecule has 162 valence electrons. The molecule has 2 aromatic carbocycles. The first-order valence-corrected chi connectivity index (χ1v) is 10.6. The maximum atomic E-state index is 13.2. The molecule has 1 aliphatic heterocycles. The fourth-order valence-corrected chi connectivity index (χ4v) is 4.24. The molecular formula is C24H23N5O3. The summed E-state index contributed by atoms with van der Waals surface area (Å²) in [5, 5.41) is 7.77. The zero-order valence-corrected chi connectivity index (χ0v) is 17.7. The summed E-state index contributed by atoms with van der Waals surface area (Å²) in [5.41, 5.74) is 2.57. The van der Waals surface area contributed by atoms with Crippen molar-refractivity contribution in [3.05, 3.63) is 77.0 Å². The van der Waals surface area contributed by atoms with E-state index in [1.165, 1.54) is 0 Å². The first kappa shape index (κ1) is 20.0. The summed E-state index contributed by atoms with van der Waals surface area (Å²) in [5.74, 6) is 0.602. The molecule has 0 aliphatic carbocycles. The fourth-order valence-electron chi connectivity index (χ4n) is 4.24. The number of nitrogens with zero attached hydrogens (tertiary/aromatic N) is 4. The van der Waals surface area contributed by atoms with Gasteiger partial charge in [-0.2, -0.15) is 5.10 Å². The zero-order valence-electron chi connectivity index (χ0n) is 17.7. The number of nitrogens with one attached hydrogen (secondary N) is 1. The van der Waals surface area contributed by atoms with E-state index in [2.05, 4.69) is 15.2 Å². The Morgan fingerprint density at radius 3 is 2.91 bits per heavy atom. The molecule has 0 unspecified atom stereocenters. The van der Waals surface area contributed by atoms with Gasteiger partial charge in [-0.1, -0.05) is 24.3 Å². The van der Waals surface area contributed by atoms with Crippen molar-refractivity contribution in [3.8, 4) is 17.0 Å². The van der Waals surface area contributed by atoms with Crippen molar-refractivity contribution < 1.29 is 9.53 Å². The van der Waals surface area contributed by atoms with Crippen LogP contribution >= 0.6 is 0 Å². The van der Waals surface area contributed by atoms with Gasteiger partial charge in [-0.05, 0) is 43.2 Å². The van der Waals surface area contributed by atoms with Crippen molar-refractivity contribution in [1.82, 2.24) is 24.6 Å². The van der Waals surface area contributed by atoms with E-state index in [1.54, 1.807) is 35.0 Å². The lowest BCUT2D eigenvalue weighted by atomic mass is 10.0. The van der Waals surface area contributed by atoms with Gasteiger partial charge < -0.3 is 9.64 Å². The lowest BCUT2D eigenvalue weighted by molar-refractivity contribution is 0.0671. The van der Waals surface area contributed by atoms with E-state index in [0.29, 0.717) is 35.4 Å². The van der Waals surface area contributed by atoms with Crippen LogP contribution < -0.4 is 10.3 Å². The maximum absolute atomic E-state index is 13.2. The van der Waals surface area contributed by atoms with Crippen LogP contribution in [0.15, 0.2) is 65.7 Å². The number of rotatable bonds is 4. The molecule has 1 amide bonds. The number of piperidine rings is 1. The van der Waals surface area contributed by atoms with Gasteiger partial charge in [-0.25, -0.2) is 4.98 Å². The molecule has 5 rings (SSSR count). The number of amides is 1. The van der Waals surface area contributed by atoms with Gasteiger partial charge in [0.05, 0.1) is 36.1 Å². The second kappa shape index (κ2) is 8.30. The quantitative estimate of drug-likeness (QED) is 0.537. The second-order valence-electron chi connectivity index (χ2n) is 7.92. The molecule has 1 atom stereocenters. The number of methoxy groups -OCH3 is 1. The van der Waals surface area contributed by atoms with E-state index in [0.717, 1.165) is 24.2 Å². The van der Waals surface area contributed by atoms with E-state index in [4.69, 9.17) is 4.74 Å². The van der Waals surface area contributed by atoms with Gasteiger partial charge in [0.2, 0.25) is 0 Å². The number of carbonyl (C=O) groups excluding carboxylic acids is 1. The monoisotopic (exact) mass is 429 g/mol. The highest BCUT2D eigenvalue weighted by atomic mass is 16.5. The predicted molar refractivity (Wildman–Crippen MR) is 121 cm³/mol. The fraction of sp³-hybridized carbons (Fsp3) is 0.250. The molecule has 1 N–H and O–H groups in total. The number of carbonyl (C=O) groups is 1. The van der Waals surface area contributed by atoms with Gasteiger partial charge >= 0.3 is 0 Å². The summed E-state index contributed by atoms with van der Waals surface area (Å²) in [7, 11) is 1.61. The number of benzene rings is 2. The third-order valence-electron chi connectivity index (χ3n) is 5.94. The Labute approximate surface area is 184 Å². The zero-order chi connectivity index (χ0) is 22.1. The third kappa shape index (κ3) is 3.64. The van der Waals surface area contributed by atoms with E-state index in [1.807, 2.05) is 42.5 Å². The minimum absolute atomic E-state index is 0.0725. The van der Waals surface area contributed by atoms with Gasteiger partial charge in [-0.15, -0.1) is 0 Å². The molecule has 0 spiro atoms. The summed E-state index contributed by atoms with van der Waals surface area (Å²) in [6.45, 7) is 1.09. The number of fused-ring (bicyclic) bond motifs is 1. The number of likely N-dealkylation sites (tertiary alicyclic amines) is 1. The minimum atomic E-state index is -0.127. The Bertz CT molecular complexity index is 1340. The van der Waals surface area contributed by atoms with E-state index in [-0.39, 0.29) is 17.5 Å². The van der Waals surface area contributed by atoms with Crippen LogP contribution in [0.25, 0.3) is 22.2 Å². The predicted octanol–water partition coefficient (Wildman–Crippen LogP) is 3.27. The van der Waals surface area contributed by atoms with Gasteiger partial charge in [0.1, 0.15) is 11.4 Å². The van der Waals surface area contributed by atoms with E-state index in [9.17, 15) is 9.59 Å². The molecule has 4 aromatic rings. The topological polar surface area (TPSA) is 93.1 Å². The number of H-pyrrole nitrogens is 1. The van der Waals surface area contributed by atoms with Crippen molar-refractivity contribution in [3.63, 3.8) is 0 Å². The summed E-state index contributed by atoms with van der Waals surface area (Å²) in [6, 6.07) is 16.5. The maximum Gasteiger partial charge on any atom is 0.271 e. The van der Waals surface area contributed by atoms with Crippen LogP contribution in [-0.2, 0) is 0 Å². The first-order valence-electron chi connectivity index (χ1n) is 10.6. The van der Waals surface area contributed by atoms with Crippen LogP contribution in [0.4, 0.5) is 0 Å². The number of para-hydroxylation sites is 1. The molecule has 0 radical (unpaired) electrons. The summed E-state index contributed by atoms with van der Waals surface area (Å²) in [6.07, 6.45) is 3.23. The molecule has 2 aromatic heterocycles. The van der Waals surface area contributed by atoms with Crippen LogP contribution in [0.3, 0.4) is 0 Å². The molecule has 0 bridgehead atoms. The molecule has 8 nitrogen and oxygen atoms in total. The summed E-state index contributed by atoms with van der Waals surface area (Å²) < 4.78 is 6.93. The highest BCUT2D eigenvalue weighted by Crippen LogP contribution is 2.25. The minimum Gasteiger partial charge on any atom is -0.497 e. The van der Waals surface area contributed by atoms with Crippen molar-refractivity contribution in [2.45, 2.75) is 18.9 Å². The van der Waals surface area contributed by atoms with Gasteiger partial charge in [0.15, 0.2) is 0 Å². The average Bonchev–Trinajstić information content (AvgIpc) is 3.34. The van der Waals surface area contributed by atoms with E-state index >= 15 is 0 Å². The van der Waals surface area contributed by atoms with Crippen LogP contribution in [0.2, 0.25) is 0 Å². The van der Waals surface area contributed by atoms with Crippen LogP contribution in [0, 0.1) is 0 Å². The summed E-state index contributed by atoms with van der Waals surface area (Å²) >= 11 is 0. The van der Waals surface area contributed by atoms with Crippen molar-refractivity contribution >= 4 is 16.8 Å². The number of aromatic amines is 1. The molecule has 1 fully saturated rings. The Morgan fingerprint density at radius 1 is 1.16 bits per heavy atom. The molecule has 3 heterocycles. The second-order valence-corrected chi connectivity index (χ2v) is 7.92. The third-order valence-corrected chi connectivity index (χ3v) is 5.94. The molecular weight excluding hydrogens is 406 g/mol. The molecule has 8 heteroatoms. The standard InChI is InChI=1S/C24H23N5O3/c1-32-18-8-4-6-16(12-18)21-13-22(27-26-21)24(31)28-11-5-7-17(14-28)29-15-25-20-10-3-2-9-19(20)23(29)30/h2-4,6,8-10,12-13,15,17H,5,7,11,14H2,1H3,(H,26,27)/t17-/m0/s1. The number of hydrogen-bond acceptors (Lipinski definition) is 5. The number of hydrogen-bond donors (Lipinski definition) is 1. The normalized spacial score (nSPS) is 16.3. The first-order chi connectivity index (χ1) is 15.6. The highest BCUT2D eigenvalue weighted by molar-refractivity contribution is 5.93. The Hall–Kier alpha value is -3.94. The van der Waals surface area contributed by atoms with Crippen LogP contribution in [0.5, 0.6) is 5.75 Å². The number of ether oxygens (including phenoxy) is 1. The molecule has 1 aliphatic rings. The van der Waals surface area contributed by atoms with Crippen molar-refractivity contribution in [2.75, 3.05) is 20.2 Å². The lowest BCUT2D eigenvalue weighted by Crippen LogP contribution is -2.43. The Morgan fingerprint density at radius 2 is 2.03 bits per heavy atom. The summed E-state index contributed by atoms with van der Waals surface area (Å²) in [4.78, 5) is 32.4. The molecule has 1 saturated heterocycles. The highest BCUT2D eigenvalue weighted by Gasteiger charge is 2.27. The van der Waals surface area contributed by atoms with Gasteiger partial charge in [0.25, 0.3) is 11.5 Å². The Kier molecular flexibility index (Phi) is 5.18.